The first-order valence-corrected chi connectivity index (χ1v) is 11.5. The van der Waals surface area contributed by atoms with Crippen molar-refractivity contribution in [2.45, 2.75) is 106 Å². The zero-order valence-corrected chi connectivity index (χ0v) is 21.8. The SMILES string of the molecule is CC(C)(C)CC(CO)OC(=O)CCCCC(=O)OC(CO)CC(C)(C)C.CC=C(C)C(=O)O. The van der Waals surface area contributed by atoms with Crippen LogP contribution in [0, 0.1) is 10.8 Å². The van der Waals surface area contributed by atoms with Crippen LogP contribution in [0.2, 0.25) is 0 Å². The summed E-state index contributed by atoms with van der Waals surface area (Å²) < 4.78 is 10.6. The summed E-state index contributed by atoms with van der Waals surface area (Å²) in [5, 5.41) is 26.7. The lowest BCUT2D eigenvalue weighted by Crippen LogP contribution is -2.27. The van der Waals surface area contributed by atoms with Crippen LogP contribution in [0.1, 0.15) is 93.9 Å². The summed E-state index contributed by atoms with van der Waals surface area (Å²) in [6.45, 7) is 15.0. The van der Waals surface area contributed by atoms with E-state index in [-0.39, 0.29) is 48.8 Å². The Hall–Kier alpha value is -1.93. The smallest absolute Gasteiger partial charge is 0.330 e. The first-order chi connectivity index (χ1) is 15.0. The van der Waals surface area contributed by atoms with E-state index in [4.69, 9.17) is 14.6 Å². The van der Waals surface area contributed by atoms with Gasteiger partial charge in [0.05, 0.1) is 13.2 Å². The number of ether oxygens (including phenoxy) is 2. The number of carboxylic acids is 1. The van der Waals surface area contributed by atoms with Gasteiger partial charge < -0.3 is 24.8 Å². The van der Waals surface area contributed by atoms with Crippen molar-refractivity contribution in [2.75, 3.05) is 13.2 Å². The standard InChI is InChI=1S/C20H38O6.C5H8O2/c1-19(2,3)11-15(13-21)25-17(23)9-7-8-10-18(24)26-16(14-22)12-20(4,5)6;1-3-4(2)5(6)7/h15-16,21-22H,7-14H2,1-6H3;3H,1-2H3,(H,6,7). The molecule has 0 radical (unpaired) electrons. The van der Waals surface area contributed by atoms with Gasteiger partial charge in [0.1, 0.15) is 12.2 Å². The summed E-state index contributed by atoms with van der Waals surface area (Å²) in [7, 11) is 0. The number of rotatable bonds is 12. The van der Waals surface area contributed by atoms with Crippen molar-refractivity contribution in [3.05, 3.63) is 11.6 Å². The van der Waals surface area contributed by atoms with E-state index in [1.807, 2.05) is 41.5 Å². The molecular formula is C25H46O8. The maximum atomic E-state index is 11.8. The van der Waals surface area contributed by atoms with E-state index in [0.29, 0.717) is 31.3 Å². The second-order valence-electron chi connectivity index (χ2n) is 10.6. The molecule has 0 spiro atoms. The minimum atomic E-state index is -0.845. The van der Waals surface area contributed by atoms with Gasteiger partial charge in [-0.15, -0.1) is 0 Å². The molecule has 3 N–H and O–H groups in total. The molecule has 0 aromatic heterocycles. The van der Waals surface area contributed by atoms with Crippen molar-refractivity contribution in [2.24, 2.45) is 10.8 Å². The molecule has 0 aromatic rings. The van der Waals surface area contributed by atoms with Gasteiger partial charge in [-0.25, -0.2) is 4.79 Å². The number of aliphatic hydroxyl groups excluding tert-OH is 2. The summed E-state index contributed by atoms with van der Waals surface area (Å²) in [6, 6.07) is 0. The summed E-state index contributed by atoms with van der Waals surface area (Å²) in [5.74, 6) is -1.56. The van der Waals surface area contributed by atoms with E-state index in [2.05, 4.69) is 0 Å². The first-order valence-electron chi connectivity index (χ1n) is 11.5. The van der Waals surface area contributed by atoms with Crippen LogP contribution in [0.4, 0.5) is 0 Å². The van der Waals surface area contributed by atoms with Crippen molar-refractivity contribution in [3.63, 3.8) is 0 Å². The lowest BCUT2D eigenvalue weighted by molar-refractivity contribution is -0.155. The Bertz CT molecular complexity index is 571. The maximum absolute atomic E-state index is 11.8. The van der Waals surface area contributed by atoms with Gasteiger partial charge in [0.15, 0.2) is 0 Å². The van der Waals surface area contributed by atoms with Crippen molar-refractivity contribution in [1.29, 1.82) is 0 Å². The molecule has 8 nitrogen and oxygen atoms in total. The number of allylic oxidation sites excluding steroid dienone is 1. The summed E-state index contributed by atoms with van der Waals surface area (Å²) in [4.78, 5) is 33.5. The number of esters is 2. The molecule has 2 atom stereocenters. The third-order valence-electron chi connectivity index (χ3n) is 4.47. The summed E-state index contributed by atoms with van der Waals surface area (Å²) in [5.41, 5.74) is 0.321. The largest absolute Gasteiger partial charge is 0.478 e. The molecule has 8 heteroatoms. The van der Waals surface area contributed by atoms with Crippen LogP contribution in [0.5, 0.6) is 0 Å². The fourth-order valence-corrected chi connectivity index (χ4v) is 2.80. The van der Waals surface area contributed by atoms with Gasteiger partial charge in [-0.05, 0) is 50.4 Å². The second-order valence-corrected chi connectivity index (χ2v) is 10.6. The topological polar surface area (TPSA) is 130 Å². The van der Waals surface area contributed by atoms with Crippen LogP contribution in [0.25, 0.3) is 0 Å². The average molecular weight is 475 g/mol. The predicted molar refractivity (Wildman–Crippen MR) is 128 cm³/mol. The summed E-state index contributed by atoms with van der Waals surface area (Å²) >= 11 is 0. The van der Waals surface area contributed by atoms with Crippen molar-refractivity contribution >= 4 is 17.9 Å². The van der Waals surface area contributed by atoms with Crippen molar-refractivity contribution in [3.8, 4) is 0 Å². The third kappa shape index (κ3) is 21.7. The maximum Gasteiger partial charge on any atom is 0.330 e. The molecule has 0 saturated heterocycles. The first kappa shape index (κ1) is 33.2. The molecule has 0 aliphatic carbocycles. The molecule has 0 bridgehead atoms. The zero-order valence-electron chi connectivity index (χ0n) is 21.8. The molecule has 194 valence electrons. The monoisotopic (exact) mass is 474 g/mol. The fourth-order valence-electron chi connectivity index (χ4n) is 2.80. The molecular weight excluding hydrogens is 428 g/mol. The Balaban J connectivity index is 0. The molecule has 0 saturated carbocycles. The van der Waals surface area contributed by atoms with Gasteiger partial charge in [0.25, 0.3) is 0 Å². The highest BCUT2D eigenvalue weighted by atomic mass is 16.6. The number of unbranched alkanes of at least 4 members (excludes halogenated alkanes) is 1. The van der Waals surface area contributed by atoms with Gasteiger partial charge in [-0.1, -0.05) is 47.6 Å². The van der Waals surface area contributed by atoms with E-state index >= 15 is 0 Å². The highest BCUT2D eigenvalue weighted by Gasteiger charge is 2.22. The molecule has 0 amide bonds. The molecule has 2 unspecified atom stereocenters. The van der Waals surface area contributed by atoms with Crippen LogP contribution in [-0.2, 0) is 23.9 Å². The Morgan fingerprint density at radius 2 is 1.12 bits per heavy atom. The number of aliphatic hydroxyl groups is 2. The zero-order chi connectivity index (χ0) is 26.2. The predicted octanol–water partition coefficient (Wildman–Crippen LogP) is 4.26. The lowest BCUT2D eigenvalue weighted by atomic mass is 9.89. The average Bonchev–Trinajstić information content (AvgIpc) is 2.67. The van der Waals surface area contributed by atoms with Crippen LogP contribution in [0.3, 0.4) is 0 Å². The Morgan fingerprint density at radius 3 is 1.30 bits per heavy atom. The molecule has 0 aromatic carbocycles. The minimum absolute atomic E-state index is 0.0340. The lowest BCUT2D eigenvalue weighted by Gasteiger charge is -2.25. The van der Waals surface area contributed by atoms with E-state index in [9.17, 15) is 24.6 Å². The van der Waals surface area contributed by atoms with Crippen LogP contribution < -0.4 is 0 Å². The highest BCUT2D eigenvalue weighted by Crippen LogP contribution is 2.23. The van der Waals surface area contributed by atoms with Crippen LogP contribution in [0.15, 0.2) is 11.6 Å². The molecule has 33 heavy (non-hydrogen) atoms. The van der Waals surface area contributed by atoms with Crippen molar-refractivity contribution < 1.29 is 39.2 Å². The van der Waals surface area contributed by atoms with E-state index < -0.39 is 18.2 Å². The van der Waals surface area contributed by atoms with Gasteiger partial charge in [0, 0.05) is 18.4 Å². The second kappa shape index (κ2) is 16.6. The molecule has 0 heterocycles. The van der Waals surface area contributed by atoms with E-state index in [0.717, 1.165) is 0 Å². The van der Waals surface area contributed by atoms with E-state index in [1.165, 1.54) is 0 Å². The van der Waals surface area contributed by atoms with E-state index in [1.54, 1.807) is 19.9 Å². The molecule has 0 aliphatic rings. The minimum Gasteiger partial charge on any atom is -0.478 e. The number of carboxylic acid groups (broad SMARTS) is 1. The van der Waals surface area contributed by atoms with Crippen LogP contribution >= 0.6 is 0 Å². The number of hydrogen-bond acceptors (Lipinski definition) is 7. The highest BCUT2D eigenvalue weighted by molar-refractivity contribution is 5.85. The fraction of sp³-hybridized carbons (Fsp3) is 0.800. The van der Waals surface area contributed by atoms with Crippen molar-refractivity contribution in [1.82, 2.24) is 0 Å². The number of carbonyl (C=O) groups is 3. The quantitative estimate of drug-likeness (QED) is 0.217. The Labute approximate surface area is 199 Å². The third-order valence-corrected chi connectivity index (χ3v) is 4.47. The molecule has 0 aliphatic heterocycles. The summed E-state index contributed by atoms with van der Waals surface area (Å²) in [6.07, 6.45) is 3.22. The molecule has 0 rings (SSSR count). The normalized spacial score (nSPS) is 13.9. The van der Waals surface area contributed by atoms with Gasteiger partial charge in [0.2, 0.25) is 0 Å². The van der Waals surface area contributed by atoms with Gasteiger partial charge in [-0.3, -0.25) is 9.59 Å². The molecule has 0 fully saturated rings. The Kier molecular flexibility index (Phi) is 16.8. The number of aliphatic carboxylic acids is 1. The number of carbonyl (C=O) groups excluding carboxylic acids is 2. The number of hydrogen-bond donors (Lipinski definition) is 3. The van der Waals surface area contributed by atoms with Gasteiger partial charge >= 0.3 is 17.9 Å². The van der Waals surface area contributed by atoms with Gasteiger partial charge in [-0.2, -0.15) is 0 Å². The Morgan fingerprint density at radius 1 is 0.788 bits per heavy atom. The van der Waals surface area contributed by atoms with Crippen LogP contribution in [-0.4, -0.2) is 58.6 Å².